The highest BCUT2D eigenvalue weighted by Gasteiger charge is 2.39. The van der Waals surface area contributed by atoms with E-state index >= 15 is 0 Å². The maximum Gasteiger partial charge on any atom is 0.244 e. The molecule has 1 aromatic rings. The molecule has 0 aromatic heterocycles. The zero-order valence-electron chi connectivity index (χ0n) is 15.6. The van der Waals surface area contributed by atoms with Crippen LogP contribution in [0.25, 0.3) is 0 Å². The van der Waals surface area contributed by atoms with Gasteiger partial charge in [-0.2, -0.15) is 0 Å². The Balaban J connectivity index is 1.60. The second kappa shape index (κ2) is 8.16. The molecule has 142 valence electrons. The summed E-state index contributed by atoms with van der Waals surface area (Å²) in [6, 6.07) is 6.27. The number of halogens is 1. The highest BCUT2D eigenvalue weighted by Crippen LogP contribution is 2.29. The summed E-state index contributed by atoms with van der Waals surface area (Å²) in [6.07, 6.45) is 2.80. The van der Waals surface area contributed by atoms with Gasteiger partial charge >= 0.3 is 0 Å². The zero-order valence-corrected chi connectivity index (χ0v) is 15.6. The average Bonchev–Trinajstić information content (AvgIpc) is 3.01. The highest BCUT2D eigenvalue weighted by molar-refractivity contribution is 5.99. The van der Waals surface area contributed by atoms with Gasteiger partial charge in [-0.1, -0.05) is 26.0 Å². The highest BCUT2D eigenvalue weighted by atomic mass is 19.1. The maximum atomic E-state index is 14.0. The van der Waals surface area contributed by atoms with Crippen molar-refractivity contribution in [2.75, 3.05) is 31.1 Å². The number of para-hydroxylation sites is 1. The van der Waals surface area contributed by atoms with Crippen molar-refractivity contribution in [3.63, 3.8) is 0 Å². The van der Waals surface area contributed by atoms with Crippen molar-refractivity contribution in [1.82, 2.24) is 10.2 Å². The molecule has 2 aliphatic heterocycles. The molecule has 2 fully saturated rings. The lowest BCUT2D eigenvalue weighted by molar-refractivity contribution is -0.125. The molecule has 26 heavy (non-hydrogen) atoms. The van der Waals surface area contributed by atoms with E-state index in [4.69, 9.17) is 0 Å². The molecule has 2 atom stereocenters. The molecule has 2 unspecified atom stereocenters. The number of hydrogen-bond acceptors (Lipinski definition) is 3. The number of rotatable bonds is 5. The van der Waals surface area contributed by atoms with E-state index < -0.39 is 0 Å². The van der Waals surface area contributed by atoms with Gasteiger partial charge in [0, 0.05) is 25.6 Å². The van der Waals surface area contributed by atoms with Crippen molar-refractivity contribution in [2.45, 2.75) is 39.2 Å². The van der Waals surface area contributed by atoms with Gasteiger partial charge in [0.15, 0.2) is 0 Å². The van der Waals surface area contributed by atoms with E-state index in [1.165, 1.54) is 6.07 Å². The van der Waals surface area contributed by atoms with Crippen LogP contribution in [-0.4, -0.2) is 48.9 Å². The number of carbonyl (C=O) groups is 2. The lowest BCUT2D eigenvalue weighted by Gasteiger charge is -2.36. The van der Waals surface area contributed by atoms with E-state index in [0.717, 1.165) is 32.4 Å². The van der Waals surface area contributed by atoms with Crippen molar-refractivity contribution in [3.8, 4) is 0 Å². The molecule has 0 radical (unpaired) electrons. The Morgan fingerprint density at radius 1 is 1.27 bits per heavy atom. The van der Waals surface area contributed by atoms with E-state index in [2.05, 4.69) is 10.2 Å². The van der Waals surface area contributed by atoms with Crippen LogP contribution in [0.2, 0.25) is 0 Å². The maximum absolute atomic E-state index is 14.0. The van der Waals surface area contributed by atoms with Gasteiger partial charge < -0.3 is 10.2 Å². The van der Waals surface area contributed by atoms with Crippen LogP contribution in [0, 0.1) is 17.7 Å². The molecule has 1 N–H and O–H groups in total. The van der Waals surface area contributed by atoms with Crippen molar-refractivity contribution in [3.05, 3.63) is 30.1 Å². The van der Waals surface area contributed by atoms with Gasteiger partial charge in [-0.25, -0.2) is 4.39 Å². The van der Waals surface area contributed by atoms with Gasteiger partial charge in [0.2, 0.25) is 11.8 Å². The summed E-state index contributed by atoms with van der Waals surface area (Å²) in [5, 5.41) is 3.01. The molecule has 0 spiro atoms. The summed E-state index contributed by atoms with van der Waals surface area (Å²) in [4.78, 5) is 28.4. The predicted molar refractivity (Wildman–Crippen MR) is 99.3 cm³/mol. The van der Waals surface area contributed by atoms with Gasteiger partial charge in [-0.15, -0.1) is 0 Å². The summed E-state index contributed by atoms with van der Waals surface area (Å²) in [5.74, 6) is 0.0587. The fourth-order valence-electron chi connectivity index (χ4n) is 3.91. The fourth-order valence-corrected chi connectivity index (χ4v) is 3.91. The largest absolute Gasteiger partial charge is 0.356 e. The number of carbonyl (C=O) groups excluding carboxylic acids is 2. The molecule has 2 saturated heterocycles. The van der Waals surface area contributed by atoms with Crippen LogP contribution in [0.4, 0.5) is 10.1 Å². The number of anilines is 1. The van der Waals surface area contributed by atoms with Gasteiger partial charge in [0.1, 0.15) is 5.82 Å². The molecule has 2 heterocycles. The summed E-state index contributed by atoms with van der Waals surface area (Å²) in [5.41, 5.74) is 0.373. The Bertz CT molecular complexity index is 664. The lowest BCUT2D eigenvalue weighted by Crippen LogP contribution is -2.49. The van der Waals surface area contributed by atoms with Crippen molar-refractivity contribution >= 4 is 17.5 Å². The van der Waals surface area contributed by atoms with E-state index in [1.54, 1.807) is 23.1 Å². The summed E-state index contributed by atoms with van der Waals surface area (Å²) in [7, 11) is 0. The minimum atomic E-state index is -0.352. The molecule has 2 aliphatic rings. The van der Waals surface area contributed by atoms with Gasteiger partial charge in [-0.3, -0.25) is 14.5 Å². The van der Waals surface area contributed by atoms with Gasteiger partial charge in [0.25, 0.3) is 0 Å². The smallest absolute Gasteiger partial charge is 0.244 e. The van der Waals surface area contributed by atoms with Gasteiger partial charge in [0.05, 0.1) is 11.7 Å². The second-order valence-electron chi connectivity index (χ2n) is 7.65. The van der Waals surface area contributed by atoms with Crippen LogP contribution in [0.15, 0.2) is 24.3 Å². The number of likely N-dealkylation sites (tertiary alicyclic amines) is 1. The molecular weight excluding hydrogens is 333 g/mol. The minimum Gasteiger partial charge on any atom is -0.356 e. The number of hydrogen-bond donors (Lipinski definition) is 1. The summed E-state index contributed by atoms with van der Waals surface area (Å²) < 4.78 is 14.0. The normalized spacial score (nSPS) is 24.3. The monoisotopic (exact) mass is 361 g/mol. The zero-order chi connectivity index (χ0) is 18.7. The first kappa shape index (κ1) is 18.8. The van der Waals surface area contributed by atoms with Crippen molar-refractivity contribution in [1.29, 1.82) is 0 Å². The Morgan fingerprint density at radius 2 is 2.04 bits per heavy atom. The number of piperidine rings is 1. The first-order chi connectivity index (χ1) is 12.5. The van der Waals surface area contributed by atoms with Crippen LogP contribution in [0.5, 0.6) is 0 Å². The standard InChI is InChI=1S/C20H28FN3O2/c1-14(2)19(25)22-12-15-6-5-10-23(13-15)18-9-11-24(20(18)26)17-8-4-3-7-16(17)21/h3-4,7-8,14-15,18H,5-6,9-13H2,1-2H3,(H,22,25). The molecule has 0 bridgehead atoms. The molecule has 1 aromatic carbocycles. The van der Waals surface area contributed by atoms with Crippen LogP contribution >= 0.6 is 0 Å². The Hall–Kier alpha value is -1.95. The van der Waals surface area contributed by atoms with Crippen molar-refractivity contribution < 1.29 is 14.0 Å². The van der Waals surface area contributed by atoms with Crippen molar-refractivity contribution in [2.24, 2.45) is 11.8 Å². The molecule has 0 aliphatic carbocycles. The van der Waals surface area contributed by atoms with Gasteiger partial charge in [-0.05, 0) is 43.9 Å². The van der Waals surface area contributed by atoms with E-state index in [0.29, 0.717) is 24.7 Å². The number of amides is 2. The Kier molecular flexibility index (Phi) is 5.91. The molecule has 2 amide bonds. The summed E-state index contributed by atoms with van der Waals surface area (Å²) in [6.45, 7) is 6.67. The Labute approximate surface area is 154 Å². The van der Waals surface area contributed by atoms with E-state index in [9.17, 15) is 14.0 Å². The molecule has 6 heteroatoms. The number of benzene rings is 1. The van der Waals surface area contributed by atoms with Crippen LogP contribution < -0.4 is 10.2 Å². The predicted octanol–water partition coefficient (Wildman–Crippen LogP) is 2.42. The number of nitrogens with zero attached hydrogens (tertiary/aromatic N) is 2. The van der Waals surface area contributed by atoms with E-state index in [1.807, 2.05) is 13.8 Å². The topological polar surface area (TPSA) is 52.7 Å². The molecule has 5 nitrogen and oxygen atoms in total. The lowest BCUT2D eigenvalue weighted by atomic mass is 9.96. The SMILES string of the molecule is CC(C)C(=O)NCC1CCCN(C2CCN(c3ccccc3F)C2=O)C1. The third-order valence-electron chi connectivity index (χ3n) is 5.40. The first-order valence-corrected chi connectivity index (χ1v) is 9.55. The summed E-state index contributed by atoms with van der Waals surface area (Å²) >= 11 is 0. The second-order valence-corrected chi connectivity index (χ2v) is 7.65. The average molecular weight is 361 g/mol. The Morgan fingerprint density at radius 3 is 2.77 bits per heavy atom. The molecule has 0 saturated carbocycles. The third-order valence-corrected chi connectivity index (χ3v) is 5.40. The van der Waals surface area contributed by atoms with Crippen LogP contribution in [0.3, 0.4) is 0 Å². The number of nitrogens with one attached hydrogen (secondary N) is 1. The third kappa shape index (κ3) is 4.06. The molecule has 3 rings (SSSR count). The van der Waals surface area contributed by atoms with Crippen LogP contribution in [-0.2, 0) is 9.59 Å². The fraction of sp³-hybridized carbons (Fsp3) is 0.600. The minimum absolute atomic E-state index is 0.0121. The molecular formula is C20H28FN3O2. The van der Waals surface area contributed by atoms with E-state index in [-0.39, 0.29) is 29.6 Å². The van der Waals surface area contributed by atoms with Crippen LogP contribution in [0.1, 0.15) is 33.1 Å². The first-order valence-electron chi connectivity index (χ1n) is 9.55. The quantitative estimate of drug-likeness (QED) is 0.876.